The summed E-state index contributed by atoms with van der Waals surface area (Å²) in [6.07, 6.45) is 2.77. The standard InChI is InChI=1S/C13H17ClN4S/c1-2-6-18-13(8-16-17-18)12(15)9-19-11-5-3-4-10(14)7-11/h3-5,7-8,12H,2,6,9,15H2,1H3. The molecule has 1 unspecified atom stereocenters. The van der Waals surface area contributed by atoms with E-state index in [1.54, 1.807) is 18.0 Å². The van der Waals surface area contributed by atoms with Crippen LogP contribution in [0.5, 0.6) is 0 Å². The molecule has 2 N–H and O–H groups in total. The molecule has 0 aliphatic rings. The summed E-state index contributed by atoms with van der Waals surface area (Å²) >= 11 is 7.65. The van der Waals surface area contributed by atoms with E-state index in [1.807, 2.05) is 28.9 Å². The molecule has 6 heteroatoms. The maximum atomic E-state index is 6.20. The van der Waals surface area contributed by atoms with Crippen molar-refractivity contribution in [2.45, 2.75) is 30.8 Å². The Hall–Kier alpha value is -1.04. The monoisotopic (exact) mass is 296 g/mol. The van der Waals surface area contributed by atoms with Crippen molar-refractivity contribution in [3.63, 3.8) is 0 Å². The summed E-state index contributed by atoms with van der Waals surface area (Å²) in [7, 11) is 0. The average Bonchev–Trinajstić information content (AvgIpc) is 2.85. The van der Waals surface area contributed by atoms with Gasteiger partial charge in [0.1, 0.15) is 0 Å². The van der Waals surface area contributed by atoms with Crippen molar-refractivity contribution in [1.82, 2.24) is 15.0 Å². The van der Waals surface area contributed by atoms with Crippen molar-refractivity contribution in [1.29, 1.82) is 0 Å². The van der Waals surface area contributed by atoms with Gasteiger partial charge in [0.15, 0.2) is 0 Å². The maximum absolute atomic E-state index is 6.20. The van der Waals surface area contributed by atoms with Crippen LogP contribution in [0.3, 0.4) is 0 Å². The molecule has 102 valence electrons. The molecule has 1 aromatic heterocycles. The molecule has 0 fully saturated rings. The minimum Gasteiger partial charge on any atom is -0.322 e. The summed E-state index contributed by atoms with van der Waals surface area (Å²) in [5.74, 6) is 0.775. The summed E-state index contributed by atoms with van der Waals surface area (Å²) in [5.41, 5.74) is 7.18. The fourth-order valence-electron chi connectivity index (χ4n) is 1.77. The lowest BCUT2D eigenvalue weighted by Crippen LogP contribution is -2.18. The lowest BCUT2D eigenvalue weighted by Gasteiger charge is -2.12. The summed E-state index contributed by atoms with van der Waals surface area (Å²) in [6.45, 7) is 2.96. The summed E-state index contributed by atoms with van der Waals surface area (Å²) in [5, 5.41) is 8.73. The highest BCUT2D eigenvalue weighted by Crippen LogP contribution is 2.25. The highest BCUT2D eigenvalue weighted by Gasteiger charge is 2.13. The van der Waals surface area contributed by atoms with Gasteiger partial charge in [0.05, 0.1) is 17.9 Å². The van der Waals surface area contributed by atoms with E-state index >= 15 is 0 Å². The Balaban J connectivity index is 1.97. The molecule has 0 aliphatic carbocycles. The Morgan fingerprint density at radius 3 is 3.05 bits per heavy atom. The largest absolute Gasteiger partial charge is 0.322 e. The SMILES string of the molecule is CCCn1nncc1C(N)CSc1cccc(Cl)c1. The fourth-order valence-corrected chi connectivity index (χ4v) is 2.95. The normalized spacial score (nSPS) is 12.6. The van der Waals surface area contributed by atoms with Crippen LogP contribution in [0, 0.1) is 0 Å². The minimum atomic E-state index is -0.0782. The van der Waals surface area contributed by atoms with Crippen molar-refractivity contribution in [3.05, 3.63) is 41.2 Å². The molecule has 1 atom stereocenters. The van der Waals surface area contributed by atoms with Gasteiger partial charge in [-0.2, -0.15) is 0 Å². The van der Waals surface area contributed by atoms with Gasteiger partial charge in [0.2, 0.25) is 0 Å². The maximum Gasteiger partial charge on any atom is 0.0762 e. The summed E-state index contributed by atoms with van der Waals surface area (Å²) in [4.78, 5) is 1.12. The Morgan fingerprint density at radius 2 is 2.32 bits per heavy atom. The van der Waals surface area contributed by atoms with E-state index in [-0.39, 0.29) is 6.04 Å². The number of thioether (sulfide) groups is 1. The van der Waals surface area contributed by atoms with E-state index in [2.05, 4.69) is 17.2 Å². The highest BCUT2D eigenvalue weighted by molar-refractivity contribution is 7.99. The number of aromatic nitrogens is 3. The fraction of sp³-hybridized carbons (Fsp3) is 0.385. The zero-order valence-corrected chi connectivity index (χ0v) is 12.4. The number of hydrogen-bond donors (Lipinski definition) is 1. The van der Waals surface area contributed by atoms with Gasteiger partial charge in [-0.3, -0.25) is 0 Å². The van der Waals surface area contributed by atoms with Gasteiger partial charge in [-0.25, -0.2) is 4.68 Å². The molecule has 0 saturated heterocycles. The average molecular weight is 297 g/mol. The van der Waals surface area contributed by atoms with Crippen LogP contribution in [0.4, 0.5) is 0 Å². The second-order valence-electron chi connectivity index (χ2n) is 4.26. The molecule has 2 rings (SSSR count). The summed E-state index contributed by atoms with van der Waals surface area (Å²) < 4.78 is 1.88. The Bertz CT molecular complexity index is 529. The number of benzene rings is 1. The molecule has 0 bridgehead atoms. The van der Waals surface area contributed by atoms with E-state index in [1.165, 1.54) is 0 Å². The van der Waals surface area contributed by atoms with Gasteiger partial charge in [0.25, 0.3) is 0 Å². The van der Waals surface area contributed by atoms with Crippen LogP contribution in [-0.2, 0) is 6.54 Å². The molecule has 4 nitrogen and oxygen atoms in total. The van der Waals surface area contributed by atoms with Gasteiger partial charge in [0, 0.05) is 22.2 Å². The Morgan fingerprint density at radius 1 is 1.47 bits per heavy atom. The Kier molecular flexibility index (Phi) is 5.24. The zero-order chi connectivity index (χ0) is 13.7. The quantitative estimate of drug-likeness (QED) is 0.832. The number of aryl methyl sites for hydroxylation is 1. The minimum absolute atomic E-state index is 0.0782. The molecule has 0 amide bonds. The number of nitrogens with zero attached hydrogens (tertiary/aromatic N) is 3. The van der Waals surface area contributed by atoms with Gasteiger partial charge in [-0.05, 0) is 24.6 Å². The zero-order valence-electron chi connectivity index (χ0n) is 10.8. The lowest BCUT2D eigenvalue weighted by molar-refractivity contribution is 0.539. The second-order valence-corrected chi connectivity index (χ2v) is 5.79. The van der Waals surface area contributed by atoms with Gasteiger partial charge in [-0.15, -0.1) is 16.9 Å². The van der Waals surface area contributed by atoms with Gasteiger partial charge in [-0.1, -0.05) is 29.8 Å². The first-order chi connectivity index (χ1) is 9.20. The van der Waals surface area contributed by atoms with E-state index < -0.39 is 0 Å². The third kappa shape index (κ3) is 3.96. The van der Waals surface area contributed by atoms with Crippen LogP contribution in [-0.4, -0.2) is 20.7 Å². The molecule has 0 spiro atoms. The first-order valence-corrected chi connectivity index (χ1v) is 7.59. The first-order valence-electron chi connectivity index (χ1n) is 6.23. The van der Waals surface area contributed by atoms with Gasteiger partial charge >= 0.3 is 0 Å². The van der Waals surface area contributed by atoms with Gasteiger partial charge < -0.3 is 5.73 Å². The molecule has 1 aromatic carbocycles. The Labute approximate surface area is 122 Å². The van der Waals surface area contributed by atoms with Crippen LogP contribution < -0.4 is 5.73 Å². The van der Waals surface area contributed by atoms with Crippen LogP contribution in [0.2, 0.25) is 5.02 Å². The molecule has 0 saturated carbocycles. The molecule has 0 aliphatic heterocycles. The van der Waals surface area contributed by atoms with Crippen LogP contribution in [0.25, 0.3) is 0 Å². The van der Waals surface area contributed by atoms with E-state index in [0.717, 1.165) is 34.3 Å². The number of hydrogen-bond acceptors (Lipinski definition) is 4. The molecular formula is C13H17ClN4S. The van der Waals surface area contributed by atoms with Crippen LogP contribution >= 0.6 is 23.4 Å². The molecule has 0 radical (unpaired) electrons. The number of rotatable bonds is 6. The van der Waals surface area contributed by atoms with Crippen molar-refractivity contribution < 1.29 is 0 Å². The van der Waals surface area contributed by atoms with Crippen molar-refractivity contribution in [2.75, 3.05) is 5.75 Å². The third-order valence-electron chi connectivity index (χ3n) is 2.69. The van der Waals surface area contributed by atoms with E-state index in [9.17, 15) is 0 Å². The van der Waals surface area contributed by atoms with Crippen LogP contribution in [0.1, 0.15) is 25.1 Å². The predicted octanol–water partition coefficient (Wildman–Crippen LogP) is 3.13. The number of halogens is 1. The molecular weight excluding hydrogens is 280 g/mol. The number of nitrogens with two attached hydrogens (primary N) is 1. The molecule has 2 aromatic rings. The van der Waals surface area contributed by atoms with Crippen molar-refractivity contribution in [3.8, 4) is 0 Å². The van der Waals surface area contributed by atoms with E-state index in [4.69, 9.17) is 17.3 Å². The molecule has 1 heterocycles. The smallest absolute Gasteiger partial charge is 0.0762 e. The summed E-state index contributed by atoms with van der Waals surface area (Å²) in [6, 6.07) is 7.71. The topological polar surface area (TPSA) is 56.7 Å². The van der Waals surface area contributed by atoms with Crippen molar-refractivity contribution >= 4 is 23.4 Å². The first kappa shape index (κ1) is 14.4. The predicted molar refractivity (Wildman–Crippen MR) is 79.4 cm³/mol. The molecule has 19 heavy (non-hydrogen) atoms. The van der Waals surface area contributed by atoms with E-state index in [0.29, 0.717) is 0 Å². The van der Waals surface area contributed by atoms with Crippen molar-refractivity contribution in [2.24, 2.45) is 5.73 Å². The second kappa shape index (κ2) is 6.93. The van der Waals surface area contributed by atoms with Crippen LogP contribution in [0.15, 0.2) is 35.4 Å². The third-order valence-corrected chi connectivity index (χ3v) is 4.04. The lowest BCUT2D eigenvalue weighted by atomic mass is 10.2. The highest BCUT2D eigenvalue weighted by atomic mass is 35.5.